The van der Waals surface area contributed by atoms with Crippen LogP contribution in [-0.2, 0) is 25.7 Å². The second-order valence-corrected chi connectivity index (χ2v) is 7.40. The van der Waals surface area contributed by atoms with Gasteiger partial charge in [0.15, 0.2) is 0 Å². The van der Waals surface area contributed by atoms with Crippen LogP contribution >= 0.6 is 0 Å². The molecule has 0 fully saturated rings. The second-order valence-electron chi connectivity index (χ2n) is 7.40. The molecule has 140 valence electrons. The summed E-state index contributed by atoms with van der Waals surface area (Å²) in [5.41, 5.74) is 7.31. The monoisotopic (exact) mass is 354 g/mol. The van der Waals surface area contributed by atoms with Crippen molar-refractivity contribution < 1.29 is 15.3 Å². The first-order valence-corrected chi connectivity index (χ1v) is 9.82. The third kappa shape index (κ3) is 4.35. The van der Waals surface area contributed by atoms with E-state index in [1.54, 1.807) is 0 Å². The Balaban J connectivity index is 0.000000151. The Bertz CT molecular complexity index is 675. The van der Waals surface area contributed by atoms with E-state index in [-0.39, 0.29) is 18.8 Å². The number of aliphatic hydroxyl groups excluding tert-OH is 3. The van der Waals surface area contributed by atoms with E-state index in [1.165, 1.54) is 28.7 Å². The Morgan fingerprint density at radius 1 is 0.808 bits per heavy atom. The van der Waals surface area contributed by atoms with E-state index in [2.05, 4.69) is 31.2 Å². The minimum atomic E-state index is -0.284. The third-order valence-corrected chi connectivity index (χ3v) is 5.45. The number of rotatable bonds is 4. The lowest BCUT2D eigenvalue weighted by Gasteiger charge is -2.06. The molecule has 3 nitrogen and oxygen atoms in total. The van der Waals surface area contributed by atoms with Gasteiger partial charge in [-0.2, -0.15) is 0 Å². The van der Waals surface area contributed by atoms with Gasteiger partial charge in [0.25, 0.3) is 0 Å². The Hall–Kier alpha value is -1.68. The quantitative estimate of drug-likeness (QED) is 0.782. The summed E-state index contributed by atoms with van der Waals surface area (Å²) in [5, 5.41) is 28.1. The molecule has 0 bridgehead atoms. The Morgan fingerprint density at radius 2 is 1.31 bits per heavy atom. The van der Waals surface area contributed by atoms with Crippen molar-refractivity contribution in [3.8, 4) is 0 Å². The van der Waals surface area contributed by atoms with Gasteiger partial charge in [0.05, 0.1) is 12.2 Å². The van der Waals surface area contributed by atoms with Gasteiger partial charge in [0, 0.05) is 6.61 Å². The van der Waals surface area contributed by atoms with Crippen molar-refractivity contribution in [1.82, 2.24) is 0 Å². The molecule has 0 amide bonds. The lowest BCUT2D eigenvalue weighted by atomic mass is 10.0. The van der Waals surface area contributed by atoms with Crippen LogP contribution in [0.25, 0.3) is 0 Å². The molecule has 2 aliphatic rings. The van der Waals surface area contributed by atoms with E-state index in [4.69, 9.17) is 5.11 Å². The molecule has 0 aromatic heterocycles. The standard InChI is InChI=1S/C12H16O.C11H14O2/c1-2-3-9-4-5-10-6-7-12(13)11(10)8-9;12-6-5-8-1-2-9-3-4-11(13)10(9)7-8/h4-5,8,12-13H,2-3,6-7H2,1H3;1-2,7,11-13H,3-6H2. The van der Waals surface area contributed by atoms with Gasteiger partial charge in [0.2, 0.25) is 0 Å². The summed E-state index contributed by atoms with van der Waals surface area (Å²) in [7, 11) is 0. The SMILES string of the molecule is CCCc1ccc2c(c1)C(O)CC2.OCCc1ccc2c(c1)C(O)CC2. The molecule has 0 spiro atoms. The van der Waals surface area contributed by atoms with Crippen LogP contribution in [0.1, 0.15) is 71.8 Å². The van der Waals surface area contributed by atoms with Crippen molar-refractivity contribution in [3.05, 3.63) is 69.8 Å². The molecule has 2 aliphatic carbocycles. The fourth-order valence-corrected chi connectivity index (χ4v) is 3.99. The van der Waals surface area contributed by atoms with Crippen molar-refractivity contribution in [2.45, 2.75) is 64.1 Å². The van der Waals surface area contributed by atoms with Crippen molar-refractivity contribution in [1.29, 1.82) is 0 Å². The zero-order chi connectivity index (χ0) is 18.5. The summed E-state index contributed by atoms with van der Waals surface area (Å²) in [4.78, 5) is 0. The normalized spacial score (nSPS) is 20.3. The zero-order valence-corrected chi connectivity index (χ0v) is 15.6. The Morgan fingerprint density at radius 3 is 1.77 bits per heavy atom. The summed E-state index contributed by atoms with van der Waals surface area (Å²) in [5.74, 6) is 0. The molecular weight excluding hydrogens is 324 g/mol. The number of aliphatic hydroxyl groups is 3. The third-order valence-electron chi connectivity index (χ3n) is 5.45. The largest absolute Gasteiger partial charge is 0.396 e. The first-order chi connectivity index (χ1) is 12.6. The lowest BCUT2D eigenvalue weighted by Crippen LogP contribution is -1.95. The van der Waals surface area contributed by atoms with Crippen LogP contribution in [0.15, 0.2) is 36.4 Å². The van der Waals surface area contributed by atoms with Crippen LogP contribution in [0.2, 0.25) is 0 Å². The maximum Gasteiger partial charge on any atom is 0.0796 e. The van der Waals surface area contributed by atoms with Gasteiger partial charge in [-0.3, -0.25) is 0 Å². The summed E-state index contributed by atoms with van der Waals surface area (Å²) in [6, 6.07) is 12.7. The highest BCUT2D eigenvalue weighted by Crippen LogP contribution is 2.32. The maximum atomic E-state index is 9.67. The molecule has 3 N–H and O–H groups in total. The van der Waals surface area contributed by atoms with E-state index >= 15 is 0 Å². The summed E-state index contributed by atoms with van der Waals surface area (Å²) in [6.45, 7) is 2.36. The molecule has 0 radical (unpaired) electrons. The van der Waals surface area contributed by atoms with Crippen LogP contribution in [0.3, 0.4) is 0 Å². The van der Waals surface area contributed by atoms with Crippen LogP contribution in [0.5, 0.6) is 0 Å². The molecule has 26 heavy (non-hydrogen) atoms. The average molecular weight is 354 g/mol. The van der Waals surface area contributed by atoms with Gasteiger partial charge in [-0.15, -0.1) is 0 Å². The molecule has 2 aromatic carbocycles. The molecule has 2 unspecified atom stereocenters. The summed E-state index contributed by atoms with van der Waals surface area (Å²) in [6.07, 6.45) is 6.27. The van der Waals surface area contributed by atoms with Crippen LogP contribution in [-0.4, -0.2) is 21.9 Å². The van der Waals surface area contributed by atoms with E-state index in [0.717, 1.165) is 43.2 Å². The number of aryl methyl sites for hydroxylation is 3. The molecule has 4 rings (SSSR count). The second kappa shape index (κ2) is 8.81. The van der Waals surface area contributed by atoms with E-state index in [9.17, 15) is 10.2 Å². The highest BCUT2D eigenvalue weighted by atomic mass is 16.3. The minimum Gasteiger partial charge on any atom is -0.396 e. The maximum absolute atomic E-state index is 9.67. The van der Waals surface area contributed by atoms with Crippen molar-refractivity contribution in [2.24, 2.45) is 0 Å². The predicted molar refractivity (Wildman–Crippen MR) is 104 cm³/mol. The van der Waals surface area contributed by atoms with Crippen LogP contribution < -0.4 is 0 Å². The fraction of sp³-hybridized carbons (Fsp3) is 0.478. The van der Waals surface area contributed by atoms with Crippen molar-refractivity contribution in [3.63, 3.8) is 0 Å². The van der Waals surface area contributed by atoms with Crippen molar-refractivity contribution in [2.75, 3.05) is 6.61 Å². The van der Waals surface area contributed by atoms with Crippen LogP contribution in [0, 0.1) is 0 Å². The minimum absolute atomic E-state index is 0.175. The summed E-state index contributed by atoms with van der Waals surface area (Å²) >= 11 is 0. The van der Waals surface area contributed by atoms with Gasteiger partial charge in [-0.25, -0.2) is 0 Å². The summed E-state index contributed by atoms with van der Waals surface area (Å²) < 4.78 is 0. The number of hydrogen-bond acceptors (Lipinski definition) is 3. The highest BCUT2D eigenvalue weighted by Gasteiger charge is 2.20. The van der Waals surface area contributed by atoms with Gasteiger partial charge in [0.1, 0.15) is 0 Å². The van der Waals surface area contributed by atoms with Gasteiger partial charge < -0.3 is 15.3 Å². The van der Waals surface area contributed by atoms with Crippen LogP contribution in [0.4, 0.5) is 0 Å². The molecule has 0 heterocycles. The number of benzene rings is 2. The van der Waals surface area contributed by atoms with Gasteiger partial charge in [-0.05, 0) is 71.9 Å². The average Bonchev–Trinajstić information content (AvgIpc) is 3.20. The van der Waals surface area contributed by atoms with E-state index < -0.39 is 0 Å². The molecular formula is C23H30O3. The molecule has 2 atom stereocenters. The molecule has 0 aliphatic heterocycles. The van der Waals surface area contributed by atoms with E-state index in [0.29, 0.717) is 6.42 Å². The molecule has 3 heteroatoms. The predicted octanol–water partition coefficient (Wildman–Crippen LogP) is 3.82. The number of hydrogen-bond donors (Lipinski definition) is 3. The molecule has 2 aromatic rings. The Kier molecular flexibility index (Phi) is 6.47. The zero-order valence-electron chi connectivity index (χ0n) is 15.6. The Labute approximate surface area is 156 Å². The lowest BCUT2D eigenvalue weighted by molar-refractivity contribution is 0.179. The van der Waals surface area contributed by atoms with Gasteiger partial charge >= 0.3 is 0 Å². The van der Waals surface area contributed by atoms with Gasteiger partial charge in [-0.1, -0.05) is 49.7 Å². The number of fused-ring (bicyclic) bond motifs is 2. The van der Waals surface area contributed by atoms with Crippen molar-refractivity contribution >= 4 is 0 Å². The first kappa shape index (κ1) is 19.1. The molecule has 0 saturated heterocycles. The van der Waals surface area contributed by atoms with E-state index in [1.807, 2.05) is 12.1 Å². The fourth-order valence-electron chi connectivity index (χ4n) is 3.99. The topological polar surface area (TPSA) is 60.7 Å². The first-order valence-electron chi connectivity index (χ1n) is 9.82. The smallest absolute Gasteiger partial charge is 0.0796 e. The molecule has 0 saturated carbocycles. The highest BCUT2D eigenvalue weighted by molar-refractivity contribution is 5.38.